The molecule has 0 bridgehead atoms. The number of hydrogen-bond acceptors (Lipinski definition) is 2. The average molecular weight is 209 g/mol. The van der Waals surface area contributed by atoms with Crippen LogP contribution >= 0.6 is 0 Å². The Kier molecular flexibility index (Phi) is 2.31. The Balaban J connectivity index is 1.56. The van der Waals surface area contributed by atoms with Crippen LogP contribution in [0, 0.1) is 5.92 Å². The zero-order valence-electron chi connectivity index (χ0n) is 9.04. The standard InChI is InChI=1S/C11H19N3O/c15-11(13-9-3-4-9)14-6-8-2-1-5-12-10(8)7-14/h8-10,12H,1-7H2,(H,13,15)/t8-,10+/m0/s1. The zero-order valence-corrected chi connectivity index (χ0v) is 9.04. The molecule has 1 saturated carbocycles. The molecule has 2 saturated heterocycles. The summed E-state index contributed by atoms with van der Waals surface area (Å²) in [5.74, 6) is 0.698. The number of carbonyl (C=O) groups excluding carboxylic acids is 1. The minimum Gasteiger partial charge on any atom is -0.335 e. The average Bonchev–Trinajstić information content (AvgIpc) is 2.95. The van der Waals surface area contributed by atoms with Crippen LogP contribution in [0.3, 0.4) is 0 Å². The van der Waals surface area contributed by atoms with Gasteiger partial charge in [0.2, 0.25) is 0 Å². The Hall–Kier alpha value is -0.770. The molecule has 2 atom stereocenters. The van der Waals surface area contributed by atoms with Crippen molar-refractivity contribution in [1.29, 1.82) is 0 Å². The van der Waals surface area contributed by atoms with Gasteiger partial charge in [0.05, 0.1) is 0 Å². The van der Waals surface area contributed by atoms with Crippen LogP contribution in [0.25, 0.3) is 0 Å². The van der Waals surface area contributed by atoms with Gasteiger partial charge in [0.1, 0.15) is 0 Å². The van der Waals surface area contributed by atoms with Crippen LogP contribution in [0.4, 0.5) is 4.79 Å². The van der Waals surface area contributed by atoms with Crippen molar-refractivity contribution in [3.63, 3.8) is 0 Å². The van der Waals surface area contributed by atoms with Crippen molar-refractivity contribution in [1.82, 2.24) is 15.5 Å². The number of fused-ring (bicyclic) bond motifs is 1. The zero-order chi connectivity index (χ0) is 10.3. The third-order valence-electron chi connectivity index (χ3n) is 3.79. The summed E-state index contributed by atoms with van der Waals surface area (Å²) in [6, 6.07) is 1.20. The third kappa shape index (κ3) is 1.95. The van der Waals surface area contributed by atoms with E-state index < -0.39 is 0 Å². The molecule has 4 heteroatoms. The Morgan fingerprint density at radius 2 is 2.13 bits per heavy atom. The molecule has 0 radical (unpaired) electrons. The van der Waals surface area contributed by atoms with Crippen molar-refractivity contribution in [3.8, 4) is 0 Å². The van der Waals surface area contributed by atoms with E-state index in [0.29, 0.717) is 18.0 Å². The van der Waals surface area contributed by atoms with E-state index in [1.165, 1.54) is 25.7 Å². The molecule has 2 aliphatic heterocycles. The maximum Gasteiger partial charge on any atom is 0.317 e. The van der Waals surface area contributed by atoms with Crippen molar-refractivity contribution in [2.45, 2.75) is 37.8 Å². The fourth-order valence-electron chi connectivity index (χ4n) is 2.71. The van der Waals surface area contributed by atoms with Gasteiger partial charge in [-0.15, -0.1) is 0 Å². The monoisotopic (exact) mass is 209 g/mol. The van der Waals surface area contributed by atoms with Gasteiger partial charge in [0.15, 0.2) is 0 Å². The number of piperidine rings is 1. The van der Waals surface area contributed by atoms with Gasteiger partial charge in [-0.1, -0.05) is 0 Å². The van der Waals surface area contributed by atoms with Crippen LogP contribution in [-0.4, -0.2) is 42.6 Å². The molecule has 3 fully saturated rings. The molecule has 0 spiro atoms. The number of hydrogen-bond donors (Lipinski definition) is 2. The normalized spacial score (nSPS) is 35.1. The molecule has 0 unspecified atom stereocenters. The van der Waals surface area contributed by atoms with Gasteiger partial charge in [-0.05, 0) is 38.1 Å². The second-order valence-electron chi connectivity index (χ2n) is 5.09. The molecule has 0 aromatic carbocycles. The van der Waals surface area contributed by atoms with Crippen molar-refractivity contribution in [3.05, 3.63) is 0 Å². The Morgan fingerprint density at radius 3 is 2.87 bits per heavy atom. The van der Waals surface area contributed by atoms with Gasteiger partial charge in [-0.3, -0.25) is 0 Å². The molecule has 0 aromatic heterocycles. The number of carbonyl (C=O) groups is 1. The summed E-state index contributed by atoms with van der Waals surface area (Å²) < 4.78 is 0. The molecule has 2 heterocycles. The van der Waals surface area contributed by atoms with Crippen molar-refractivity contribution >= 4 is 6.03 Å². The van der Waals surface area contributed by atoms with Gasteiger partial charge < -0.3 is 15.5 Å². The second-order valence-corrected chi connectivity index (χ2v) is 5.09. The topological polar surface area (TPSA) is 44.4 Å². The third-order valence-corrected chi connectivity index (χ3v) is 3.79. The number of nitrogens with one attached hydrogen (secondary N) is 2. The highest BCUT2D eigenvalue weighted by Crippen LogP contribution is 2.25. The van der Waals surface area contributed by atoms with E-state index in [9.17, 15) is 4.79 Å². The SMILES string of the molecule is O=C(NC1CC1)N1C[C@@H]2CCCN[C@@H]2C1. The first-order valence-electron chi connectivity index (χ1n) is 6.12. The van der Waals surface area contributed by atoms with Crippen LogP contribution in [-0.2, 0) is 0 Å². The molecule has 3 rings (SSSR count). The van der Waals surface area contributed by atoms with E-state index in [2.05, 4.69) is 10.6 Å². The summed E-state index contributed by atoms with van der Waals surface area (Å²) >= 11 is 0. The predicted octanol–water partition coefficient (Wildman–Crippen LogP) is 0.542. The van der Waals surface area contributed by atoms with Crippen molar-refractivity contribution < 1.29 is 4.79 Å². The molecule has 2 amide bonds. The number of nitrogens with zero attached hydrogens (tertiary/aromatic N) is 1. The fourth-order valence-corrected chi connectivity index (χ4v) is 2.71. The Morgan fingerprint density at radius 1 is 1.27 bits per heavy atom. The van der Waals surface area contributed by atoms with Crippen LogP contribution in [0.5, 0.6) is 0 Å². The van der Waals surface area contributed by atoms with Crippen LogP contribution in [0.1, 0.15) is 25.7 Å². The number of likely N-dealkylation sites (tertiary alicyclic amines) is 1. The lowest BCUT2D eigenvalue weighted by molar-refractivity contribution is 0.206. The fraction of sp³-hybridized carbons (Fsp3) is 0.909. The molecule has 84 valence electrons. The highest BCUT2D eigenvalue weighted by atomic mass is 16.2. The van der Waals surface area contributed by atoms with Gasteiger partial charge in [-0.2, -0.15) is 0 Å². The lowest BCUT2D eigenvalue weighted by atomic mass is 9.94. The molecule has 15 heavy (non-hydrogen) atoms. The minimum absolute atomic E-state index is 0.161. The molecular weight excluding hydrogens is 190 g/mol. The van der Waals surface area contributed by atoms with Crippen LogP contribution < -0.4 is 10.6 Å². The molecule has 4 nitrogen and oxygen atoms in total. The summed E-state index contributed by atoms with van der Waals surface area (Å²) in [5, 5.41) is 6.58. The van der Waals surface area contributed by atoms with Crippen molar-refractivity contribution in [2.75, 3.05) is 19.6 Å². The van der Waals surface area contributed by atoms with E-state index in [4.69, 9.17) is 0 Å². The molecule has 1 aliphatic carbocycles. The van der Waals surface area contributed by atoms with Crippen molar-refractivity contribution in [2.24, 2.45) is 5.92 Å². The smallest absolute Gasteiger partial charge is 0.317 e. The van der Waals surface area contributed by atoms with E-state index in [1.54, 1.807) is 0 Å². The summed E-state index contributed by atoms with van der Waals surface area (Å²) in [6.45, 7) is 2.98. The van der Waals surface area contributed by atoms with Gasteiger partial charge in [0, 0.05) is 25.2 Å². The number of urea groups is 1. The summed E-state index contributed by atoms with van der Waals surface area (Å²) in [5.41, 5.74) is 0. The Bertz CT molecular complexity index is 251. The maximum absolute atomic E-state index is 11.8. The summed E-state index contributed by atoms with van der Waals surface area (Å²) in [4.78, 5) is 13.8. The van der Waals surface area contributed by atoms with E-state index in [1.807, 2.05) is 4.90 Å². The quantitative estimate of drug-likeness (QED) is 0.662. The molecule has 3 aliphatic rings. The van der Waals surface area contributed by atoms with Crippen LogP contribution in [0.15, 0.2) is 0 Å². The number of rotatable bonds is 1. The van der Waals surface area contributed by atoms with E-state index in [0.717, 1.165) is 19.6 Å². The number of amides is 2. The van der Waals surface area contributed by atoms with E-state index in [-0.39, 0.29) is 6.03 Å². The summed E-state index contributed by atoms with van der Waals surface area (Å²) in [7, 11) is 0. The largest absolute Gasteiger partial charge is 0.335 e. The van der Waals surface area contributed by atoms with Crippen LogP contribution in [0.2, 0.25) is 0 Å². The molecular formula is C11H19N3O. The minimum atomic E-state index is 0.161. The maximum atomic E-state index is 11.8. The lowest BCUT2D eigenvalue weighted by Gasteiger charge is -2.24. The predicted molar refractivity (Wildman–Crippen MR) is 57.6 cm³/mol. The lowest BCUT2D eigenvalue weighted by Crippen LogP contribution is -2.42. The first-order chi connectivity index (χ1) is 7.33. The van der Waals surface area contributed by atoms with Gasteiger partial charge in [-0.25, -0.2) is 4.79 Å². The molecule has 0 aromatic rings. The van der Waals surface area contributed by atoms with Gasteiger partial charge >= 0.3 is 6.03 Å². The summed E-state index contributed by atoms with van der Waals surface area (Å²) in [6.07, 6.45) is 4.89. The first kappa shape index (κ1) is 9.46. The highest BCUT2D eigenvalue weighted by molar-refractivity contribution is 5.75. The highest BCUT2D eigenvalue weighted by Gasteiger charge is 2.37. The Labute approximate surface area is 90.4 Å². The first-order valence-corrected chi connectivity index (χ1v) is 6.12. The van der Waals surface area contributed by atoms with Gasteiger partial charge in [0.25, 0.3) is 0 Å². The second kappa shape index (κ2) is 3.67. The van der Waals surface area contributed by atoms with E-state index >= 15 is 0 Å². The molecule has 2 N–H and O–H groups in total.